The topological polar surface area (TPSA) is 21.7 Å². The van der Waals surface area contributed by atoms with Crippen molar-refractivity contribution in [2.75, 3.05) is 33.9 Å². The van der Waals surface area contributed by atoms with Crippen molar-refractivity contribution in [3.05, 3.63) is 60.2 Å². The van der Waals surface area contributed by atoms with Gasteiger partial charge in [0.15, 0.2) is 0 Å². The van der Waals surface area contributed by atoms with Crippen LogP contribution >= 0.6 is 0 Å². The summed E-state index contributed by atoms with van der Waals surface area (Å²) in [6, 6.07) is 6.06. The Bertz CT molecular complexity index is 589. The zero-order valence-corrected chi connectivity index (χ0v) is 14.4. The summed E-state index contributed by atoms with van der Waals surface area (Å²) in [6.07, 6.45) is 9.31. The van der Waals surface area contributed by atoms with E-state index >= 15 is 0 Å². The van der Waals surface area contributed by atoms with Crippen LogP contribution < -0.4 is 9.47 Å². The third-order valence-corrected chi connectivity index (χ3v) is 4.27. The van der Waals surface area contributed by atoms with Crippen molar-refractivity contribution in [1.82, 2.24) is 4.90 Å². The minimum absolute atomic E-state index is 0.482. The maximum absolute atomic E-state index is 5.54. The molecule has 1 heterocycles. The highest BCUT2D eigenvalue weighted by molar-refractivity contribution is 5.43. The Morgan fingerprint density at radius 3 is 2.83 bits per heavy atom. The molecular weight excluding hydrogens is 286 g/mol. The molecule has 1 aromatic carbocycles. The van der Waals surface area contributed by atoms with Crippen LogP contribution in [0.15, 0.2) is 54.7 Å². The van der Waals surface area contributed by atoms with E-state index in [4.69, 9.17) is 9.47 Å². The lowest BCUT2D eigenvalue weighted by molar-refractivity contribution is 0.362. The first-order valence-electron chi connectivity index (χ1n) is 8.10. The zero-order chi connectivity index (χ0) is 16.7. The minimum Gasteiger partial charge on any atom is -0.497 e. The van der Waals surface area contributed by atoms with Crippen molar-refractivity contribution in [3.8, 4) is 11.5 Å². The molecule has 0 radical (unpaired) electrons. The molecule has 1 atom stereocenters. The maximum Gasteiger partial charge on any atom is 0.122 e. The molecule has 1 aliphatic heterocycles. The minimum atomic E-state index is 0.482. The molecule has 0 saturated carbocycles. The summed E-state index contributed by atoms with van der Waals surface area (Å²) in [5.41, 5.74) is 2.54. The van der Waals surface area contributed by atoms with Crippen molar-refractivity contribution in [2.45, 2.75) is 19.3 Å². The third-order valence-electron chi connectivity index (χ3n) is 4.27. The SMILES string of the molecule is C=C/C=C(\C=C/C)CN1CC[C@@H](c2cc(OC)ccc2OC)C1. The number of hydrogen-bond acceptors (Lipinski definition) is 3. The highest BCUT2D eigenvalue weighted by Crippen LogP contribution is 2.36. The summed E-state index contributed by atoms with van der Waals surface area (Å²) < 4.78 is 10.9. The Labute approximate surface area is 139 Å². The van der Waals surface area contributed by atoms with Gasteiger partial charge in [-0.1, -0.05) is 30.9 Å². The average Bonchev–Trinajstić information content (AvgIpc) is 3.03. The molecule has 0 aromatic heterocycles. The van der Waals surface area contributed by atoms with Crippen molar-refractivity contribution < 1.29 is 9.47 Å². The van der Waals surface area contributed by atoms with Gasteiger partial charge in [-0.05, 0) is 43.7 Å². The fraction of sp³-hybridized carbons (Fsp3) is 0.400. The van der Waals surface area contributed by atoms with E-state index in [0.717, 1.165) is 37.6 Å². The summed E-state index contributed by atoms with van der Waals surface area (Å²) >= 11 is 0. The van der Waals surface area contributed by atoms with E-state index in [9.17, 15) is 0 Å². The van der Waals surface area contributed by atoms with Crippen LogP contribution in [0.1, 0.15) is 24.8 Å². The summed E-state index contributed by atoms with van der Waals surface area (Å²) in [5, 5.41) is 0. The van der Waals surface area contributed by atoms with Gasteiger partial charge in [0.25, 0.3) is 0 Å². The van der Waals surface area contributed by atoms with Gasteiger partial charge in [0.2, 0.25) is 0 Å². The molecule has 1 aliphatic rings. The van der Waals surface area contributed by atoms with Crippen LogP contribution in [-0.4, -0.2) is 38.8 Å². The van der Waals surface area contributed by atoms with Gasteiger partial charge in [-0.25, -0.2) is 0 Å². The molecule has 0 bridgehead atoms. The Kier molecular flexibility index (Phi) is 6.48. The van der Waals surface area contributed by atoms with Gasteiger partial charge in [0, 0.05) is 24.6 Å². The lowest BCUT2D eigenvalue weighted by Gasteiger charge is -2.18. The van der Waals surface area contributed by atoms with Gasteiger partial charge in [-0.3, -0.25) is 4.90 Å². The number of hydrogen-bond donors (Lipinski definition) is 0. The van der Waals surface area contributed by atoms with E-state index in [1.165, 1.54) is 11.1 Å². The highest BCUT2D eigenvalue weighted by atomic mass is 16.5. The quantitative estimate of drug-likeness (QED) is 0.705. The lowest BCUT2D eigenvalue weighted by atomic mass is 9.97. The average molecular weight is 313 g/mol. The first-order chi connectivity index (χ1) is 11.2. The molecule has 0 aliphatic carbocycles. The smallest absolute Gasteiger partial charge is 0.122 e. The molecule has 0 unspecified atom stereocenters. The normalized spacial score (nSPS) is 19.3. The Morgan fingerprint density at radius 1 is 1.35 bits per heavy atom. The second-order valence-corrected chi connectivity index (χ2v) is 5.81. The number of benzene rings is 1. The number of ether oxygens (including phenoxy) is 2. The van der Waals surface area contributed by atoms with Gasteiger partial charge in [0.05, 0.1) is 14.2 Å². The molecule has 0 N–H and O–H groups in total. The molecule has 1 aromatic rings. The number of likely N-dealkylation sites (tertiary alicyclic amines) is 1. The van der Waals surface area contributed by atoms with E-state index in [-0.39, 0.29) is 0 Å². The standard InChI is InChI=1S/C20H27NO2/c1-5-7-16(8-6-2)14-21-12-11-17(15-21)19-13-18(22-3)9-10-20(19)23-4/h5-10,13,17H,1,11-12,14-15H2,2-4H3/b8-6-,16-7+/t17-/m1/s1. The molecule has 0 amide bonds. The van der Waals surface area contributed by atoms with Crippen LogP contribution in [0.25, 0.3) is 0 Å². The third kappa shape index (κ3) is 4.49. The fourth-order valence-corrected chi connectivity index (χ4v) is 3.17. The summed E-state index contributed by atoms with van der Waals surface area (Å²) in [7, 11) is 3.44. The monoisotopic (exact) mass is 313 g/mol. The summed E-state index contributed by atoms with van der Waals surface area (Å²) in [6.45, 7) is 8.94. The zero-order valence-electron chi connectivity index (χ0n) is 14.4. The number of methoxy groups -OCH3 is 2. The summed E-state index contributed by atoms with van der Waals surface area (Å²) in [5.74, 6) is 2.32. The van der Waals surface area contributed by atoms with Crippen LogP contribution in [0.3, 0.4) is 0 Å². The van der Waals surface area contributed by atoms with Crippen molar-refractivity contribution in [3.63, 3.8) is 0 Å². The van der Waals surface area contributed by atoms with Gasteiger partial charge in [-0.15, -0.1) is 0 Å². The fourth-order valence-electron chi connectivity index (χ4n) is 3.17. The van der Waals surface area contributed by atoms with Gasteiger partial charge in [0.1, 0.15) is 11.5 Å². The number of allylic oxidation sites excluding steroid dienone is 3. The molecule has 2 rings (SSSR count). The predicted molar refractivity (Wildman–Crippen MR) is 96.4 cm³/mol. The maximum atomic E-state index is 5.54. The van der Waals surface area contributed by atoms with Crippen LogP contribution in [0, 0.1) is 0 Å². The van der Waals surface area contributed by atoms with Crippen molar-refractivity contribution in [2.24, 2.45) is 0 Å². The van der Waals surface area contributed by atoms with E-state index in [1.54, 1.807) is 14.2 Å². The van der Waals surface area contributed by atoms with Crippen LogP contribution in [-0.2, 0) is 0 Å². The van der Waals surface area contributed by atoms with Crippen molar-refractivity contribution in [1.29, 1.82) is 0 Å². The molecule has 3 nitrogen and oxygen atoms in total. The first-order valence-corrected chi connectivity index (χ1v) is 8.10. The van der Waals surface area contributed by atoms with Crippen LogP contribution in [0.4, 0.5) is 0 Å². The molecule has 124 valence electrons. The van der Waals surface area contributed by atoms with Crippen LogP contribution in [0.2, 0.25) is 0 Å². The van der Waals surface area contributed by atoms with Gasteiger partial charge in [-0.2, -0.15) is 0 Å². The lowest BCUT2D eigenvalue weighted by Crippen LogP contribution is -2.22. The number of rotatable bonds is 7. The second kappa shape index (κ2) is 8.59. The summed E-state index contributed by atoms with van der Waals surface area (Å²) in [4.78, 5) is 2.49. The Balaban J connectivity index is 2.10. The van der Waals surface area contributed by atoms with E-state index in [2.05, 4.69) is 35.8 Å². The predicted octanol–water partition coefficient (Wildman–Crippen LogP) is 4.18. The van der Waals surface area contributed by atoms with E-state index in [0.29, 0.717) is 5.92 Å². The highest BCUT2D eigenvalue weighted by Gasteiger charge is 2.26. The molecular formula is C20H27NO2. The van der Waals surface area contributed by atoms with E-state index < -0.39 is 0 Å². The molecule has 1 saturated heterocycles. The van der Waals surface area contributed by atoms with Crippen LogP contribution in [0.5, 0.6) is 11.5 Å². The van der Waals surface area contributed by atoms with E-state index in [1.807, 2.05) is 25.1 Å². The molecule has 3 heteroatoms. The number of nitrogens with zero attached hydrogens (tertiary/aromatic N) is 1. The molecule has 23 heavy (non-hydrogen) atoms. The Morgan fingerprint density at radius 2 is 2.17 bits per heavy atom. The second-order valence-electron chi connectivity index (χ2n) is 5.81. The Hall–Kier alpha value is -2.00. The van der Waals surface area contributed by atoms with Gasteiger partial charge < -0.3 is 9.47 Å². The van der Waals surface area contributed by atoms with Gasteiger partial charge >= 0.3 is 0 Å². The largest absolute Gasteiger partial charge is 0.497 e. The van der Waals surface area contributed by atoms with Crippen molar-refractivity contribution >= 4 is 0 Å². The molecule has 1 fully saturated rings. The molecule has 0 spiro atoms. The first kappa shape index (κ1) is 17.4.